The topological polar surface area (TPSA) is 111 Å². The normalized spacial score (nSPS) is 30.2. The molecule has 1 unspecified atom stereocenters. The van der Waals surface area contributed by atoms with Crippen molar-refractivity contribution in [1.29, 1.82) is 0 Å². The fraction of sp³-hybridized carbons (Fsp3) is 0.455. The number of rotatable bonds is 2. The largest absolute Gasteiger partial charge is 0.392 e. The van der Waals surface area contributed by atoms with Gasteiger partial charge in [-0.05, 0) is 0 Å². The Kier molecular flexibility index (Phi) is 3.28. The molecule has 4 N–H and O–H groups in total. The van der Waals surface area contributed by atoms with Crippen molar-refractivity contribution in [2.45, 2.75) is 24.4 Å². The Morgan fingerprint density at radius 1 is 1.79 bits per heavy atom. The van der Waals surface area contributed by atoms with Crippen LogP contribution in [-0.4, -0.2) is 38.1 Å². The molecule has 1 saturated heterocycles. The minimum atomic E-state index is -1.61. The highest BCUT2D eigenvalue weighted by atomic mass is 19.1. The Bertz CT molecular complexity index is 597. The van der Waals surface area contributed by atoms with E-state index in [0.717, 1.165) is 10.8 Å². The molecule has 19 heavy (non-hydrogen) atoms. The third-order valence-electron chi connectivity index (χ3n) is 3.03. The number of aromatic nitrogens is 2. The van der Waals surface area contributed by atoms with Crippen LogP contribution in [0.15, 0.2) is 11.0 Å². The van der Waals surface area contributed by atoms with Gasteiger partial charge in [0.15, 0.2) is 17.2 Å². The van der Waals surface area contributed by atoms with Gasteiger partial charge < -0.3 is 20.7 Å². The van der Waals surface area contributed by atoms with E-state index in [9.17, 15) is 19.4 Å². The van der Waals surface area contributed by atoms with E-state index in [1.807, 2.05) is 0 Å². The number of hydrogen-bond acceptors (Lipinski definition) is 6. The first-order valence-corrected chi connectivity index (χ1v) is 5.42. The van der Waals surface area contributed by atoms with Crippen molar-refractivity contribution in [1.82, 2.24) is 9.55 Å². The van der Waals surface area contributed by atoms with Crippen molar-refractivity contribution < 1.29 is 19.3 Å². The van der Waals surface area contributed by atoms with Crippen molar-refractivity contribution >= 4 is 5.82 Å². The number of anilines is 1. The van der Waals surface area contributed by atoms with E-state index in [1.165, 1.54) is 0 Å². The monoisotopic (exact) mass is 269 g/mol. The minimum Gasteiger partial charge on any atom is -0.392 e. The summed E-state index contributed by atoms with van der Waals surface area (Å²) in [6.07, 6.45) is 3.76. The molecule has 0 spiro atoms. The number of nitrogens with zero attached hydrogens (tertiary/aromatic N) is 2. The first-order valence-electron chi connectivity index (χ1n) is 5.42. The Morgan fingerprint density at radius 2 is 2.47 bits per heavy atom. The number of ether oxygens (including phenoxy) is 1. The van der Waals surface area contributed by atoms with Gasteiger partial charge in [0.05, 0.1) is 12.8 Å². The first kappa shape index (κ1) is 13.5. The molecule has 0 bridgehead atoms. The predicted octanol–water partition coefficient (Wildman–Crippen LogP) is -1.39. The molecule has 7 nitrogen and oxygen atoms in total. The van der Waals surface area contributed by atoms with Gasteiger partial charge in [-0.2, -0.15) is 4.98 Å². The molecular weight excluding hydrogens is 257 g/mol. The molecule has 0 amide bonds. The number of nitrogen functional groups attached to an aromatic ring is 1. The number of halogens is 1. The minimum absolute atomic E-state index is 0.0737. The molecule has 0 saturated carbocycles. The van der Waals surface area contributed by atoms with Crippen LogP contribution in [-0.2, 0) is 4.74 Å². The molecule has 1 fully saturated rings. The molecule has 0 aromatic carbocycles. The van der Waals surface area contributed by atoms with Crippen LogP contribution in [0.4, 0.5) is 10.2 Å². The van der Waals surface area contributed by atoms with E-state index in [4.69, 9.17) is 16.9 Å². The fourth-order valence-corrected chi connectivity index (χ4v) is 1.90. The highest BCUT2D eigenvalue weighted by molar-refractivity contribution is 5.26. The standard InChI is InChI=1S/C11H12FN3O4/c1-2-11(5-16)7(17)3-8(19-11)15-4-6(12)9(13)14-10(15)18/h1,4,7-8,16-17H,3,5H2,(H2,13,14,18)/t7?,8-,11-/m1/s1. The summed E-state index contributed by atoms with van der Waals surface area (Å²) in [5.74, 6) is 0.734. The number of terminal acetylenes is 1. The Balaban J connectivity index is 2.39. The highest BCUT2D eigenvalue weighted by Gasteiger charge is 2.47. The Labute approximate surface area is 107 Å². The predicted molar refractivity (Wildman–Crippen MR) is 62.3 cm³/mol. The second-order valence-corrected chi connectivity index (χ2v) is 4.18. The Hall–Kier alpha value is -1.95. The van der Waals surface area contributed by atoms with Crippen LogP contribution in [0.3, 0.4) is 0 Å². The average Bonchev–Trinajstić information content (AvgIpc) is 2.71. The second kappa shape index (κ2) is 4.62. The smallest absolute Gasteiger partial charge is 0.351 e. The van der Waals surface area contributed by atoms with Crippen molar-refractivity contribution in [3.05, 3.63) is 22.5 Å². The molecule has 3 atom stereocenters. The lowest BCUT2D eigenvalue weighted by Gasteiger charge is -2.23. The molecule has 1 aromatic heterocycles. The van der Waals surface area contributed by atoms with Crippen molar-refractivity contribution in [3.8, 4) is 12.3 Å². The number of hydrogen-bond donors (Lipinski definition) is 3. The third-order valence-corrected chi connectivity index (χ3v) is 3.03. The molecule has 8 heteroatoms. The van der Waals surface area contributed by atoms with Crippen LogP contribution in [0.2, 0.25) is 0 Å². The van der Waals surface area contributed by atoms with Crippen LogP contribution < -0.4 is 11.4 Å². The SMILES string of the molecule is C#C[C@]1(CO)O[C@@H](n2cc(F)c(N)nc2=O)CC1O. The van der Waals surface area contributed by atoms with Gasteiger partial charge in [-0.15, -0.1) is 6.42 Å². The molecule has 0 radical (unpaired) electrons. The fourth-order valence-electron chi connectivity index (χ4n) is 1.90. The summed E-state index contributed by atoms with van der Waals surface area (Å²) in [6.45, 7) is -0.624. The lowest BCUT2D eigenvalue weighted by molar-refractivity contribution is -0.0914. The number of aliphatic hydroxyl groups is 2. The van der Waals surface area contributed by atoms with Crippen LogP contribution in [0.25, 0.3) is 0 Å². The summed E-state index contributed by atoms with van der Waals surface area (Å²) < 4.78 is 19.4. The van der Waals surface area contributed by atoms with E-state index < -0.39 is 41.9 Å². The molecule has 102 valence electrons. The second-order valence-electron chi connectivity index (χ2n) is 4.18. The van der Waals surface area contributed by atoms with Gasteiger partial charge in [-0.1, -0.05) is 5.92 Å². The van der Waals surface area contributed by atoms with Gasteiger partial charge in [0.1, 0.15) is 12.3 Å². The summed E-state index contributed by atoms with van der Waals surface area (Å²) in [5.41, 5.74) is 2.72. The summed E-state index contributed by atoms with van der Waals surface area (Å²) in [7, 11) is 0. The maximum Gasteiger partial charge on any atom is 0.351 e. The number of nitrogens with two attached hydrogens (primary N) is 1. The maximum absolute atomic E-state index is 13.3. The van der Waals surface area contributed by atoms with Gasteiger partial charge in [-0.25, -0.2) is 9.18 Å². The van der Waals surface area contributed by atoms with E-state index >= 15 is 0 Å². The van der Waals surface area contributed by atoms with Crippen LogP contribution in [0.1, 0.15) is 12.6 Å². The summed E-state index contributed by atoms with van der Waals surface area (Å²) in [4.78, 5) is 14.9. The van der Waals surface area contributed by atoms with E-state index in [1.54, 1.807) is 0 Å². The van der Waals surface area contributed by atoms with E-state index in [-0.39, 0.29) is 6.42 Å². The zero-order valence-electron chi connectivity index (χ0n) is 9.78. The molecule has 1 aromatic rings. The van der Waals surface area contributed by atoms with Gasteiger partial charge >= 0.3 is 5.69 Å². The average molecular weight is 269 g/mol. The lowest BCUT2D eigenvalue weighted by atomic mass is 9.99. The van der Waals surface area contributed by atoms with Crippen LogP contribution >= 0.6 is 0 Å². The molecular formula is C11H12FN3O4. The summed E-state index contributed by atoms with van der Waals surface area (Å²) >= 11 is 0. The van der Waals surface area contributed by atoms with Crippen molar-refractivity contribution in [3.63, 3.8) is 0 Å². The quantitative estimate of drug-likeness (QED) is 0.570. The first-order chi connectivity index (χ1) is 8.93. The molecule has 2 rings (SSSR count). The maximum atomic E-state index is 13.3. The molecule has 2 heterocycles. The third kappa shape index (κ3) is 2.08. The van der Waals surface area contributed by atoms with Crippen LogP contribution in [0.5, 0.6) is 0 Å². The van der Waals surface area contributed by atoms with Gasteiger partial charge in [0.2, 0.25) is 0 Å². The summed E-state index contributed by atoms with van der Waals surface area (Å²) in [6, 6.07) is 0. The number of aliphatic hydroxyl groups excluding tert-OH is 2. The van der Waals surface area contributed by atoms with Crippen LogP contribution in [0, 0.1) is 18.2 Å². The van der Waals surface area contributed by atoms with Gasteiger partial charge in [0.25, 0.3) is 0 Å². The van der Waals surface area contributed by atoms with Gasteiger partial charge in [-0.3, -0.25) is 4.57 Å². The zero-order chi connectivity index (χ0) is 14.2. The van der Waals surface area contributed by atoms with E-state index in [0.29, 0.717) is 0 Å². The van der Waals surface area contributed by atoms with Gasteiger partial charge in [0, 0.05) is 6.42 Å². The Morgan fingerprint density at radius 3 is 3.00 bits per heavy atom. The van der Waals surface area contributed by atoms with E-state index in [2.05, 4.69) is 10.9 Å². The molecule has 1 aliphatic rings. The van der Waals surface area contributed by atoms with Crippen molar-refractivity contribution in [2.24, 2.45) is 0 Å². The zero-order valence-corrected chi connectivity index (χ0v) is 9.78. The molecule has 1 aliphatic heterocycles. The highest BCUT2D eigenvalue weighted by Crippen LogP contribution is 2.35. The molecule has 0 aliphatic carbocycles. The van der Waals surface area contributed by atoms with Crippen molar-refractivity contribution in [2.75, 3.05) is 12.3 Å². The summed E-state index contributed by atoms with van der Waals surface area (Å²) in [5, 5.41) is 19.0. The lowest BCUT2D eigenvalue weighted by Crippen LogP contribution is -2.41.